The first-order valence-corrected chi connectivity index (χ1v) is 16.8. The van der Waals surface area contributed by atoms with Gasteiger partial charge in [-0.3, -0.25) is 19.2 Å². The summed E-state index contributed by atoms with van der Waals surface area (Å²) in [7, 11) is 0. The number of nitrogens with one attached hydrogen (secondary N) is 1. The number of hydrogen-bond donors (Lipinski definition) is 3. The lowest BCUT2D eigenvalue weighted by Gasteiger charge is -2.39. The Labute approximate surface area is 294 Å². The van der Waals surface area contributed by atoms with Crippen molar-refractivity contribution < 1.29 is 50.9 Å². The van der Waals surface area contributed by atoms with E-state index in [9.17, 15) is 37.4 Å². The second-order valence-corrected chi connectivity index (χ2v) is 13.8. The Kier molecular flexibility index (Phi) is 9.31. The van der Waals surface area contributed by atoms with Gasteiger partial charge in [0.25, 0.3) is 0 Å². The molecule has 3 atom stereocenters. The van der Waals surface area contributed by atoms with Crippen LogP contribution in [0.5, 0.6) is 11.6 Å². The smallest absolute Gasteiger partial charge is 0.416 e. The van der Waals surface area contributed by atoms with Crippen LogP contribution in [-0.2, 0) is 16.1 Å². The molecule has 4 heterocycles. The molecule has 2 fully saturated rings. The predicted octanol–water partition coefficient (Wildman–Crippen LogP) is 6.08. The lowest BCUT2D eigenvalue weighted by molar-refractivity contribution is -0.138. The summed E-state index contributed by atoms with van der Waals surface area (Å²) < 4.78 is 95.9. The molecule has 3 aliphatic heterocycles. The number of ether oxygens (including phenoxy) is 1. The number of hydrogen-bond acceptors (Lipinski definition) is 7. The normalized spacial score (nSPS) is 22.5. The Bertz CT molecular complexity index is 1970. The second kappa shape index (κ2) is 13.6. The Hall–Kier alpha value is -4.83. The maximum absolute atomic E-state index is 15.9. The molecule has 4 aliphatic rings. The number of amides is 1. The van der Waals surface area contributed by atoms with Crippen molar-refractivity contribution in [1.29, 1.82) is 0 Å². The van der Waals surface area contributed by atoms with Crippen LogP contribution >= 0.6 is 0 Å². The first kappa shape index (κ1) is 35.6. The van der Waals surface area contributed by atoms with Gasteiger partial charge in [0.2, 0.25) is 11.8 Å². The predicted molar refractivity (Wildman–Crippen MR) is 173 cm³/mol. The highest BCUT2D eigenvalue weighted by atomic mass is 19.4. The molecule has 0 spiro atoms. The summed E-state index contributed by atoms with van der Waals surface area (Å²) in [6.07, 6.45) is -4.09. The van der Waals surface area contributed by atoms with E-state index in [1.807, 2.05) is 0 Å². The highest BCUT2D eigenvalue weighted by Crippen LogP contribution is 2.42. The molecule has 4 bridgehead atoms. The first-order valence-electron chi connectivity index (χ1n) is 16.8. The molecule has 3 aromatic rings. The van der Waals surface area contributed by atoms with Crippen LogP contribution in [0.25, 0.3) is 11.1 Å². The number of fused-ring (bicyclic) bond motifs is 6. The van der Waals surface area contributed by atoms with Gasteiger partial charge in [-0.2, -0.15) is 13.2 Å². The zero-order chi connectivity index (χ0) is 37.1. The highest BCUT2D eigenvalue weighted by molar-refractivity contribution is 5.85. The summed E-state index contributed by atoms with van der Waals surface area (Å²) in [5, 5.41) is 28.1. The summed E-state index contributed by atoms with van der Waals surface area (Å²) in [6, 6.07) is 2.84. The summed E-state index contributed by atoms with van der Waals surface area (Å²) in [5.41, 5.74) is -1.26. The number of allylic oxidation sites excluding steroid dienone is 1. The zero-order valence-corrected chi connectivity index (χ0v) is 27.8. The SMILES string of the molecule is Cc1cc2cc(c1F)[C@H](CC(=O)O)NC(=O)[C@@H](N1C=C(CCN3CC(F)C3)C(C(F)(F)F)=CC1O)c1cc(ccc1F)Oc1nn(CC3CC3)cc1-2. The van der Waals surface area contributed by atoms with Gasteiger partial charge in [-0.15, -0.1) is 5.10 Å². The van der Waals surface area contributed by atoms with Gasteiger partial charge < -0.3 is 25.2 Å². The fourth-order valence-corrected chi connectivity index (χ4v) is 6.89. The average Bonchev–Trinajstić information content (AvgIpc) is 3.78. The van der Waals surface area contributed by atoms with E-state index in [1.54, 1.807) is 15.8 Å². The molecule has 10 nitrogen and oxygen atoms in total. The number of likely N-dealkylation sites (tertiary alicyclic amines) is 1. The third kappa shape index (κ3) is 7.26. The van der Waals surface area contributed by atoms with Gasteiger partial charge in [0.1, 0.15) is 35.8 Å². The molecule has 1 saturated carbocycles. The maximum atomic E-state index is 15.9. The number of halogens is 6. The summed E-state index contributed by atoms with van der Waals surface area (Å²) in [4.78, 5) is 28.9. The van der Waals surface area contributed by atoms with Crippen LogP contribution in [0, 0.1) is 24.5 Å². The number of aromatic nitrogens is 2. The molecule has 2 aromatic carbocycles. The fourth-order valence-electron chi connectivity index (χ4n) is 6.89. The lowest BCUT2D eigenvalue weighted by atomic mass is 9.93. The number of alkyl halides is 4. The Morgan fingerprint density at radius 1 is 1.12 bits per heavy atom. The van der Waals surface area contributed by atoms with E-state index < -0.39 is 71.7 Å². The Balaban J connectivity index is 1.37. The largest absolute Gasteiger partial charge is 0.481 e. The van der Waals surface area contributed by atoms with Gasteiger partial charge in [-0.1, -0.05) is 0 Å². The second-order valence-electron chi connectivity index (χ2n) is 13.8. The van der Waals surface area contributed by atoms with Crippen molar-refractivity contribution in [2.24, 2.45) is 5.92 Å². The number of nitrogens with zero attached hydrogens (tertiary/aromatic N) is 4. The third-order valence-electron chi connectivity index (χ3n) is 9.74. The average molecular weight is 732 g/mol. The fraction of sp³-hybridized carbons (Fsp3) is 0.417. The van der Waals surface area contributed by atoms with E-state index >= 15 is 8.78 Å². The van der Waals surface area contributed by atoms with Crippen molar-refractivity contribution >= 4 is 11.9 Å². The molecular formula is C36H35F6N5O5. The van der Waals surface area contributed by atoms with E-state index in [0.717, 1.165) is 36.1 Å². The van der Waals surface area contributed by atoms with Gasteiger partial charge in [0.15, 0.2) is 0 Å². The van der Waals surface area contributed by atoms with E-state index in [1.165, 1.54) is 25.1 Å². The molecule has 16 heteroatoms. The molecule has 7 rings (SSSR count). The van der Waals surface area contributed by atoms with Crippen molar-refractivity contribution in [2.45, 2.75) is 69.8 Å². The number of rotatable bonds is 8. The van der Waals surface area contributed by atoms with E-state index in [4.69, 9.17) is 4.74 Å². The molecule has 3 N–H and O–H groups in total. The van der Waals surface area contributed by atoms with Gasteiger partial charge in [0.05, 0.1) is 23.6 Å². The molecule has 1 unspecified atom stereocenters. The summed E-state index contributed by atoms with van der Waals surface area (Å²) in [6.45, 7) is 2.14. The highest BCUT2D eigenvalue weighted by Gasteiger charge is 2.43. The number of carbonyl (C=O) groups excluding carboxylic acids is 1. The van der Waals surface area contributed by atoms with Crippen molar-refractivity contribution in [3.63, 3.8) is 0 Å². The van der Waals surface area contributed by atoms with E-state index in [0.29, 0.717) is 29.7 Å². The minimum absolute atomic E-state index is 0.00621. The van der Waals surface area contributed by atoms with Crippen LogP contribution in [0.1, 0.15) is 54.5 Å². The molecule has 276 valence electrons. The maximum Gasteiger partial charge on any atom is 0.416 e. The van der Waals surface area contributed by atoms with Gasteiger partial charge in [-0.25, -0.2) is 13.2 Å². The van der Waals surface area contributed by atoms with Crippen LogP contribution in [-0.4, -0.2) is 79.9 Å². The van der Waals surface area contributed by atoms with E-state index in [2.05, 4.69) is 10.4 Å². The minimum Gasteiger partial charge on any atom is -0.481 e. The molecule has 1 amide bonds. The molecule has 0 radical (unpaired) electrons. The topological polar surface area (TPSA) is 120 Å². The number of carbonyl (C=O) groups is 2. The summed E-state index contributed by atoms with van der Waals surface area (Å²) >= 11 is 0. The van der Waals surface area contributed by atoms with Crippen molar-refractivity contribution in [3.8, 4) is 22.8 Å². The number of aliphatic hydroxyl groups is 1. The number of carboxylic acids is 1. The molecule has 1 aliphatic carbocycles. The molecule has 1 aromatic heterocycles. The van der Waals surface area contributed by atoms with Gasteiger partial charge in [-0.05, 0) is 85.2 Å². The number of carboxylic acid groups (broad SMARTS) is 1. The summed E-state index contributed by atoms with van der Waals surface area (Å²) in [5.74, 6) is -3.92. The Morgan fingerprint density at radius 2 is 1.87 bits per heavy atom. The van der Waals surface area contributed by atoms with Gasteiger partial charge in [0, 0.05) is 49.7 Å². The number of aliphatic hydroxyl groups excluding tert-OH is 1. The Morgan fingerprint density at radius 3 is 2.54 bits per heavy atom. The molecule has 52 heavy (non-hydrogen) atoms. The van der Waals surface area contributed by atoms with E-state index in [-0.39, 0.29) is 54.4 Å². The van der Waals surface area contributed by atoms with Crippen LogP contribution in [0.2, 0.25) is 0 Å². The van der Waals surface area contributed by atoms with Crippen LogP contribution in [0.4, 0.5) is 26.3 Å². The monoisotopic (exact) mass is 731 g/mol. The first-order chi connectivity index (χ1) is 24.6. The zero-order valence-electron chi connectivity index (χ0n) is 27.8. The number of aliphatic carboxylic acids is 1. The van der Waals surface area contributed by atoms with Crippen LogP contribution in [0.3, 0.4) is 0 Å². The van der Waals surface area contributed by atoms with Crippen LogP contribution in [0.15, 0.2) is 60.0 Å². The quantitative estimate of drug-likeness (QED) is 0.239. The van der Waals surface area contributed by atoms with Crippen LogP contribution < -0.4 is 10.1 Å². The van der Waals surface area contributed by atoms with Crippen molar-refractivity contribution in [1.82, 2.24) is 24.9 Å². The third-order valence-corrected chi connectivity index (χ3v) is 9.74. The van der Waals surface area contributed by atoms with Crippen molar-refractivity contribution in [3.05, 3.63) is 88.3 Å². The lowest BCUT2D eigenvalue weighted by Crippen LogP contribution is -2.49. The minimum atomic E-state index is -4.92. The number of aryl methyl sites for hydroxylation is 1. The molecule has 1 saturated heterocycles. The standard InChI is InChI=1S/C36H35F6N5O5/c1-18-8-21-9-25(32(18)39)29(12-31(49)50)43-34(51)33(47-14-20(6-7-45-15-22(37)16-45)27(11-30(47)48)36(40,41)42)24-10-23(4-5-28(24)38)52-35-26(21)17-46(44-35)13-19-2-3-19/h4-5,8-11,14,17,19,22,29-30,33,48H,2-3,6-7,12-13,15-16H2,1H3,(H,43,51)(H,49,50)/t29-,30?,33-/m0/s1. The van der Waals surface area contributed by atoms with Gasteiger partial charge >= 0.3 is 12.1 Å². The number of benzene rings is 2. The van der Waals surface area contributed by atoms with Crippen molar-refractivity contribution in [2.75, 3.05) is 19.6 Å². The molecular weight excluding hydrogens is 696 g/mol.